The minimum Gasteiger partial charge on any atom is -0.445 e. The van der Waals surface area contributed by atoms with E-state index in [2.05, 4.69) is 39.9 Å². The van der Waals surface area contributed by atoms with E-state index in [1.165, 1.54) is 56.9 Å². The average molecular weight is 354 g/mol. The molecule has 0 unspecified atom stereocenters. The van der Waals surface area contributed by atoms with E-state index < -0.39 is 0 Å². The van der Waals surface area contributed by atoms with Crippen LogP contribution in [0.2, 0.25) is 0 Å². The molecule has 0 aliphatic heterocycles. The highest BCUT2D eigenvalue weighted by molar-refractivity contribution is 5.66. The maximum atomic E-state index is 11.0. The predicted octanol–water partition coefficient (Wildman–Crippen LogP) is 6.73. The van der Waals surface area contributed by atoms with Gasteiger partial charge in [0.1, 0.15) is 6.61 Å². The summed E-state index contributed by atoms with van der Waals surface area (Å²) in [6.45, 7) is 11.9. The fourth-order valence-electron chi connectivity index (χ4n) is 3.14. The molecule has 0 aliphatic carbocycles. The van der Waals surface area contributed by atoms with Gasteiger partial charge < -0.3 is 10.1 Å². The molecule has 0 spiro atoms. The molecule has 0 aromatic carbocycles. The van der Waals surface area contributed by atoms with Gasteiger partial charge in [-0.05, 0) is 43.6 Å². The fourth-order valence-corrected chi connectivity index (χ4v) is 3.14. The molecule has 0 fully saturated rings. The number of allylic oxidation sites excluding steroid dienone is 1. The van der Waals surface area contributed by atoms with Gasteiger partial charge in [-0.1, -0.05) is 78.2 Å². The van der Waals surface area contributed by atoms with Crippen molar-refractivity contribution >= 4 is 6.09 Å². The Kier molecular flexibility index (Phi) is 14.7. The summed E-state index contributed by atoms with van der Waals surface area (Å²) >= 11 is 0. The van der Waals surface area contributed by atoms with E-state index in [1.807, 2.05) is 6.08 Å². The monoisotopic (exact) mass is 353 g/mol. The molecule has 0 heterocycles. The van der Waals surface area contributed by atoms with Gasteiger partial charge in [0.05, 0.1) is 0 Å². The molecule has 3 nitrogen and oxygen atoms in total. The number of nitrogens with one attached hydrogen (secondary N) is 1. The Balaban J connectivity index is 3.64. The van der Waals surface area contributed by atoms with Gasteiger partial charge in [0.25, 0.3) is 0 Å². The summed E-state index contributed by atoms with van der Waals surface area (Å²) in [5.74, 6) is 2.55. The highest BCUT2D eigenvalue weighted by atomic mass is 16.5. The van der Waals surface area contributed by atoms with Crippen LogP contribution in [0.25, 0.3) is 0 Å². The third-order valence-electron chi connectivity index (χ3n) is 4.99. The minimum atomic E-state index is -0.365. The lowest BCUT2D eigenvalue weighted by Crippen LogP contribution is -2.19. The SMILES string of the molecule is CNC(=O)OC/C=C(\C)CCC[C@H](C)CCC[C@H](C)CCCC(C)C. The van der Waals surface area contributed by atoms with Crippen LogP contribution in [0.4, 0.5) is 4.79 Å². The summed E-state index contributed by atoms with van der Waals surface area (Å²) in [5.41, 5.74) is 1.31. The molecule has 0 bridgehead atoms. The minimum absolute atomic E-state index is 0.365. The quantitative estimate of drug-likeness (QED) is 0.352. The van der Waals surface area contributed by atoms with Crippen LogP contribution in [0.15, 0.2) is 11.6 Å². The number of alkyl carbamates (subject to hydrolysis) is 1. The van der Waals surface area contributed by atoms with Gasteiger partial charge in [0.2, 0.25) is 0 Å². The Labute approximate surface area is 157 Å². The molecular weight excluding hydrogens is 310 g/mol. The van der Waals surface area contributed by atoms with Crippen molar-refractivity contribution in [3.8, 4) is 0 Å². The standard InChI is InChI=1S/C22H43NO2/c1-18(2)10-7-11-19(3)12-8-13-20(4)14-9-15-21(5)16-17-25-22(24)23-6/h16,18-20H,7-15,17H2,1-6H3,(H,23,24)/b21-16+/t19-,20-/m1/s1. The van der Waals surface area contributed by atoms with Gasteiger partial charge in [-0.15, -0.1) is 0 Å². The number of hydrogen-bond donors (Lipinski definition) is 1. The number of carbonyl (C=O) groups is 1. The highest BCUT2D eigenvalue weighted by Crippen LogP contribution is 2.22. The van der Waals surface area contributed by atoms with Crippen molar-refractivity contribution in [2.45, 2.75) is 92.4 Å². The van der Waals surface area contributed by atoms with E-state index in [1.54, 1.807) is 7.05 Å². The predicted molar refractivity (Wildman–Crippen MR) is 109 cm³/mol. The van der Waals surface area contributed by atoms with Crippen molar-refractivity contribution in [3.63, 3.8) is 0 Å². The zero-order valence-corrected chi connectivity index (χ0v) is 17.7. The topological polar surface area (TPSA) is 38.3 Å². The van der Waals surface area contributed by atoms with E-state index in [0.29, 0.717) is 6.61 Å². The third-order valence-corrected chi connectivity index (χ3v) is 4.99. The van der Waals surface area contributed by atoms with Gasteiger partial charge in [0, 0.05) is 7.05 Å². The molecule has 148 valence electrons. The largest absolute Gasteiger partial charge is 0.445 e. The molecule has 2 atom stereocenters. The van der Waals surface area contributed by atoms with Crippen LogP contribution < -0.4 is 5.32 Å². The molecule has 1 N–H and O–H groups in total. The highest BCUT2D eigenvalue weighted by Gasteiger charge is 2.06. The molecule has 25 heavy (non-hydrogen) atoms. The molecule has 0 aromatic heterocycles. The van der Waals surface area contributed by atoms with Crippen molar-refractivity contribution in [1.29, 1.82) is 0 Å². The van der Waals surface area contributed by atoms with Crippen molar-refractivity contribution in [2.24, 2.45) is 17.8 Å². The van der Waals surface area contributed by atoms with Crippen LogP contribution in [0, 0.1) is 17.8 Å². The lowest BCUT2D eigenvalue weighted by atomic mass is 9.91. The molecule has 0 saturated heterocycles. The molecule has 3 heteroatoms. The number of carbonyl (C=O) groups excluding carboxylic acids is 1. The van der Waals surface area contributed by atoms with Gasteiger partial charge in [-0.2, -0.15) is 0 Å². The second kappa shape index (κ2) is 15.3. The summed E-state index contributed by atoms with van der Waals surface area (Å²) in [7, 11) is 1.58. The summed E-state index contributed by atoms with van der Waals surface area (Å²) in [6, 6.07) is 0. The lowest BCUT2D eigenvalue weighted by Gasteiger charge is -2.15. The van der Waals surface area contributed by atoms with Crippen LogP contribution >= 0.6 is 0 Å². The van der Waals surface area contributed by atoms with Crippen LogP contribution in [0.3, 0.4) is 0 Å². The van der Waals surface area contributed by atoms with E-state index in [9.17, 15) is 4.79 Å². The van der Waals surface area contributed by atoms with Crippen LogP contribution in [-0.2, 0) is 4.74 Å². The second-order valence-corrected chi connectivity index (χ2v) is 8.26. The Bertz CT molecular complexity index is 363. The lowest BCUT2D eigenvalue weighted by molar-refractivity contribution is 0.160. The van der Waals surface area contributed by atoms with E-state index in [-0.39, 0.29) is 6.09 Å². The fraction of sp³-hybridized carbons (Fsp3) is 0.864. The molecule has 1 amide bonds. The zero-order valence-electron chi connectivity index (χ0n) is 17.7. The first kappa shape index (κ1) is 24.0. The first-order chi connectivity index (χ1) is 11.8. The average Bonchev–Trinajstić information content (AvgIpc) is 2.54. The van der Waals surface area contributed by atoms with Gasteiger partial charge >= 0.3 is 6.09 Å². The molecule has 0 radical (unpaired) electrons. The van der Waals surface area contributed by atoms with Crippen LogP contribution in [-0.4, -0.2) is 19.7 Å². The van der Waals surface area contributed by atoms with Gasteiger partial charge in [0.15, 0.2) is 0 Å². The van der Waals surface area contributed by atoms with Crippen molar-refractivity contribution in [2.75, 3.05) is 13.7 Å². The number of ether oxygens (including phenoxy) is 1. The maximum Gasteiger partial charge on any atom is 0.407 e. The normalized spacial score (nSPS) is 14.4. The molecular formula is C22H43NO2. The van der Waals surface area contributed by atoms with Crippen LogP contribution in [0.1, 0.15) is 92.4 Å². The van der Waals surface area contributed by atoms with E-state index in [0.717, 1.165) is 24.2 Å². The molecule has 0 aromatic rings. The first-order valence-corrected chi connectivity index (χ1v) is 10.3. The Morgan fingerprint density at radius 1 is 0.920 bits per heavy atom. The summed E-state index contributed by atoms with van der Waals surface area (Å²) < 4.78 is 4.98. The van der Waals surface area contributed by atoms with Gasteiger partial charge in [-0.3, -0.25) is 0 Å². The summed E-state index contributed by atoms with van der Waals surface area (Å²) in [4.78, 5) is 11.0. The number of hydrogen-bond acceptors (Lipinski definition) is 2. The Hall–Kier alpha value is -0.990. The Morgan fingerprint density at radius 3 is 1.96 bits per heavy atom. The zero-order chi connectivity index (χ0) is 19.1. The Morgan fingerprint density at radius 2 is 1.44 bits per heavy atom. The van der Waals surface area contributed by atoms with E-state index in [4.69, 9.17) is 4.74 Å². The van der Waals surface area contributed by atoms with Crippen molar-refractivity contribution < 1.29 is 9.53 Å². The number of amides is 1. The first-order valence-electron chi connectivity index (χ1n) is 10.3. The molecule has 0 saturated carbocycles. The molecule has 0 rings (SSSR count). The van der Waals surface area contributed by atoms with Gasteiger partial charge in [-0.25, -0.2) is 4.79 Å². The summed E-state index contributed by atoms with van der Waals surface area (Å²) in [5, 5.41) is 2.45. The summed E-state index contributed by atoms with van der Waals surface area (Å²) in [6.07, 6.45) is 13.6. The maximum absolute atomic E-state index is 11.0. The third kappa shape index (κ3) is 16.2. The van der Waals surface area contributed by atoms with Crippen LogP contribution in [0.5, 0.6) is 0 Å². The smallest absolute Gasteiger partial charge is 0.407 e. The van der Waals surface area contributed by atoms with Crippen molar-refractivity contribution in [3.05, 3.63) is 11.6 Å². The van der Waals surface area contributed by atoms with E-state index >= 15 is 0 Å². The molecule has 0 aliphatic rings. The van der Waals surface area contributed by atoms with Crippen molar-refractivity contribution in [1.82, 2.24) is 5.32 Å². The number of rotatable bonds is 14. The second-order valence-electron chi connectivity index (χ2n) is 8.26.